The van der Waals surface area contributed by atoms with Crippen molar-refractivity contribution in [3.63, 3.8) is 0 Å². The highest BCUT2D eigenvalue weighted by Gasteiger charge is 2.37. The normalized spacial score (nSPS) is 21.8. The number of nitrogens with zero attached hydrogens (tertiary/aromatic N) is 1. The van der Waals surface area contributed by atoms with Crippen molar-refractivity contribution in [2.75, 3.05) is 24.6 Å². The molecule has 6 nitrogen and oxygen atoms in total. The number of carbonyl (C=O) groups is 2. The molecule has 0 spiro atoms. The highest BCUT2D eigenvalue weighted by Crippen LogP contribution is 2.50. The van der Waals surface area contributed by atoms with Crippen molar-refractivity contribution in [3.8, 4) is 0 Å². The summed E-state index contributed by atoms with van der Waals surface area (Å²) in [6.45, 7) is 0.344. The summed E-state index contributed by atoms with van der Waals surface area (Å²) in [5.74, 6) is 0.372. The van der Waals surface area contributed by atoms with Crippen LogP contribution in [0, 0.1) is 11.7 Å². The molecule has 1 saturated heterocycles. The molecule has 0 radical (unpaired) electrons. The number of carbonyl (C=O) groups excluding carboxylic acids is 2. The van der Waals surface area contributed by atoms with Crippen LogP contribution in [0.25, 0.3) is 0 Å². The average Bonchev–Trinajstić information content (AvgIpc) is 3.63. The number of benzene rings is 2. The SMILES string of the molecule is O=C(N[C@@H](CCCCCC1C[C@H]1c1ccc(F)cc1)C(=O)N1CCS(=O)(=O)CC1)c1ccccc1. The Morgan fingerprint density at radius 2 is 1.66 bits per heavy atom. The molecule has 2 fully saturated rings. The molecule has 1 unspecified atom stereocenters. The third-order valence-electron chi connectivity index (χ3n) is 7.08. The molecule has 1 saturated carbocycles. The second-order valence-electron chi connectivity index (χ2n) is 9.66. The van der Waals surface area contributed by atoms with E-state index in [-0.39, 0.29) is 42.2 Å². The number of rotatable bonds is 10. The van der Waals surface area contributed by atoms with Gasteiger partial charge in [0.1, 0.15) is 11.9 Å². The van der Waals surface area contributed by atoms with Crippen LogP contribution in [0.2, 0.25) is 0 Å². The zero-order chi connectivity index (χ0) is 24.8. The van der Waals surface area contributed by atoms with E-state index in [1.54, 1.807) is 29.2 Å². The van der Waals surface area contributed by atoms with Gasteiger partial charge in [0.05, 0.1) is 11.5 Å². The monoisotopic (exact) mass is 500 g/mol. The fourth-order valence-corrected chi connectivity index (χ4v) is 6.06. The highest BCUT2D eigenvalue weighted by atomic mass is 32.2. The van der Waals surface area contributed by atoms with Gasteiger partial charge in [0.15, 0.2) is 9.84 Å². The number of hydrogen-bond acceptors (Lipinski definition) is 4. The van der Waals surface area contributed by atoms with Crippen LogP contribution >= 0.6 is 0 Å². The lowest BCUT2D eigenvalue weighted by atomic mass is 10.0. The van der Waals surface area contributed by atoms with Gasteiger partial charge in [-0.25, -0.2) is 12.8 Å². The minimum atomic E-state index is -3.09. The maximum atomic E-state index is 13.2. The molecule has 4 rings (SSSR count). The van der Waals surface area contributed by atoms with E-state index in [1.165, 1.54) is 17.7 Å². The van der Waals surface area contributed by atoms with E-state index in [9.17, 15) is 22.4 Å². The smallest absolute Gasteiger partial charge is 0.251 e. The van der Waals surface area contributed by atoms with Gasteiger partial charge in [-0.2, -0.15) is 0 Å². The van der Waals surface area contributed by atoms with Gasteiger partial charge >= 0.3 is 0 Å². The molecule has 1 aliphatic carbocycles. The largest absolute Gasteiger partial charge is 0.340 e. The molecule has 2 aromatic carbocycles. The molecule has 3 atom stereocenters. The Morgan fingerprint density at radius 1 is 0.971 bits per heavy atom. The Balaban J connectivity index is 1.26. The molecular weight excluding hydrogens is 467 g/mol. The standard InChI is InChI=1S/C27H33FN2O4S/c28-23-13-11-20(12-14-23)24-19-22(24)9-5-2-6-10-25(29-26(31)21-7-3-1-4-8-21)27(32)30-15-17-35(33,34)18-16-30/h1,3-4,7-8,11-14,22,24-25H,2,5-6,9-10,15-19H2,(H,29,31)/t22?,24-,25-/m0/s1. The second-order valence-corrected chi connectivity index (χ2v) is 12.0. The van der Waals surface area contributed by atoms with Crippen LogP contribution in [0.4, 0.5) is 4.39 Å². The molecule has 0 bridgehead atoms. The molecule has 35 heavy (non-hydrogen) atoms. The van der Waals surface area contributed by atoms with Crippen molar-refractivity contribution >= 4 is 21.7 Å². The van der Waals surface area contributed by atoms with Crippen LogP contribution < -0.4 is 5.32 Å². The number of sulfone groups is 1. The van der Waals surface area contributed by atoms with Crippen molar-refractivity contribution < 1.29 is 22.4 Å². The predicted octanol–water partition coefficient (Wildman–Crippen LogP) is 3.94. The van der Waals surface area contributed by atoms with Crippen molar-refractivity contribution in [2.45, 2.75) is 50.5 Å². The molecule has 1 aliphatic heterocycles. The van der Waals surface area contributed by atoms with Gasteiger partial charge < -0.3 is 10.2 Å². The van der Waals surface area contributed by atoms with E-state index in [1.807, 2.05) is 18.2 Å². The van der Waals surface area contributed by atoms with Crippen LogP contribution in [0.3, 0.4) is 0 Å². The van der Waals surface area contributed by atoms with Crippen LogP contribution in [0.15, 0.2) is 54.6 Å². The Morgan fingerprint density at radius 3 is 2.34 bits per heavy atom. The fourth-order valence-electron chi connectivity index (χ4n) is 4.86. The van der Waals surface area contributed by atoms with Gasteiger partial charge in [-0.05, 0) is 60.9 Å². The first-order valence-corrected chi connectivity index (χ1v) is 14.2. The quantitative estimate of drug-likeness (QED) is 0.501. The van der Waals surface area contributed by atoms with Gasteiger partial charge in [-0.3, -0.25) is 9.59 Å². The van der Waals surface area contributed by atoms with Gasteiger partial charge in [-0.15, -0.1) is 0 Å². The summed E-state index contributed by atoms with van der Waals surface area (Å²) in [6.07, 6.45) is 5.54. The Labute approximate surface area is 206 Å². The summed E-state index contributed by atoms with van der Waals surface area (Å²) >= 11 is 0. The topological polar surface area (TPSA) is 83.6 Å². The lowest BCUT2D eigenvalue weighted by Crippen LogP contribution is -2.52. The summed E-state index contributed by atoms with van der Waals surface area (Å²) in [5, 5.41) is 2.89. The Kier molecular flexibility index (Phi) is 8.21. The zero-order valence-corrected chi connectivity index (χ0v) is 20.7. The van der Waals surface area contributed by atoms with E-state index in [2.05, 4.69) is 5.32 Å². The van der Waals surface area contributed by atoms with E-state index in [0.29, 0.717) is 23.8 Å². The van der Waals surface area contributed by atoms with Crippen molar-refractivity contribution in [3.05, 3.63) is 71.5 Å². The minimum absolute atomic E-state index is 0.0330. The molecule has 2 amide bonds. The molecular formula is C27H33FN2O4S. The maximum absolute atomic E-state index is 13.2. The Hall–Kier alpha value is -2.74. The predicted molar refractivity (Wildman–Crippen MR) is 133 cm³/mol. The average molecular weight is 501 g/mol. The number of amides is 2. The van der Waals surface area contributed by atoms with Gasteiger partial charge in [0, 0.05) is 18.7 Å². The second kappa shape index (κ2) is 11.3. The maximum Gasteiger partial charge on any atom is 0.251 e. The van der Waals surface area contributed by atoms with Crippen LogP contribution in [-0.2, 0) is 14.6 Å². The third kappa shape index (κ3) is 7.13. The summed E-state index contributed by atoms with van der Waals surface area (Å²) < 4.78 is 36.6. The summed E-state index contributed by atoms with van der Waals surface area (Å²) in [4.78, 5) is 27.5. The summed E-state index contributed by atoms with van der Waals surface area (Å²) in [5.41, 5.74) is 1.70. The molecule has 1 heterocycles. The number of halogens is 1. The molecule has 2 aromatic rings. The van der Waals surface area contributed by atoms with Crippen LogP contribution in [0.1, 0.15) is 60.4 Å². The van der Waals surface area contributed by atoms with Crippen LogP contribution in [0.5, 0.6) is 0 Å². The number of unbranched alkanes of at least 4 members (excludes halogenated alkanes) is 2. The molecule has 0 aromatic heterocycles. The summed E-state index contributed by atoms with van der Waals surface area (Å²) in [7, 11) is -3.09. The first-order valence-electron chi connectivity index (χ1n) is 12.4. The molecule has 188 valence electrons. The molecule has 1 N–H and O–H groups in total. The van der Waals surface area contributed by atoms with Crippen LogP contribution in [-0.4, -0.2) is 55.8 Å². The first-order chi connectivity index (χ1) is 16.8. The van der Waals surface area contributed by atoms with E-state index < -0.39 is 15.9 Å². The van der Waals surface area contributed by atoms with Crippen molar-refractivity contribution in [1.82, 2.24) is 10.2 Å². The van der Waals surface area contributed by atoms with Crippen molar-refractivity contribution in [2.24, 2.45) is 5.92 Å². The van der Waals surface area contributed by atoms with E-state index in [0.717, 1.165) is 32.1 Å². The van der Waals surface area contributed by atoms with E-state index >= 15 is 0 Å². The molecule has 8 heteroatoms. The molecule has 2 aliphatic rings. The van der Waals surface area contributed by atoms with Gasteiger partial charge in [0.2, 0.25) is 5.91 Å². The third-order valence-corrected chi connectivity index (χ3v) is 8.69. The van der Waals surface area contributed by atoms with E-state index in [4.69, 9.17) is 0 Å². The van der Waals surface area contributed by atoms with Gasteiger partial charge in [-0.1, -0.05) is 49.6 Å². The Bertz CT molecular complexity index is 1110. The highest BCUT2D eigenvalue weighted by molar-refractivity contribution is 7.91. The fraction of sp³-hybridized carbons (Fsp3) is 0.481. The summed E-state index contributed by atoms with van der Waals surface area (Å²) in [6, 6.07) is 14.9. The van der Waals surface area contributed by atoms with Crippen molar-refractivity contribution in [1.29, 1.82) is 0 Å². The lowest BCUT2D eigenvalue weighted by Gasteiger charge is -2.30. The minimum Gasteiger partial charge on any atom is -0.340 e. The number of nitrogens with one attached hydrogen (secondary N) is 1. The zero-order valence-electron chi connectivity index (χ0n) is 19.9. The number of hydrogen-bond donors (Lipinski definition) is 1. The lowest BCUT2D eigenvalue weighted by molar-refractivity contribution is -0.133. The van der Waals surface area contributed by atoms with Gasteiger partial charge in [0.25, 0.3) is 5.91 Å². The first kappa shape index (κ1) is 25.4.